The zero-order valence-corrected chi connectivity index (χ0v) is 26.6. The second kappa shape index (κ2) is 15.5. The zero-order chi connectivity index (χ0) is 28.6. The molecule has 0 spiro atoms. The summed E-state index contributed by atoms with van der Waals surface area (Å²) in [5.41, 5.74) is 1.11. The van der Waals surface area contributed by atoms with Crippen LogP contribution in [0.15, 0.2) is 41.3 Å². The quantitative estimate of drug-likeness (QED) is 0.223. The van der Waals surface area contributed by atoms with Gasteiger partial charge in [-0.25, -0.2) is 13.4 Å². The number of methoxy groups -OCH3 is 2. The maximum Gasteiger partial charge on any atom is 0.260 e. The molecule has 12 heteroatoms. The maximum absolute atomic E-state index is 13.8. The van der Waals surface area contributed by atoms with Crippen LogP contribution in [0.1, 0.15) is 50.9 Å². The molecular weight excluding hydrogens is 572 g/mol. The highest BCUT2D eigenvalue weighted by molar-refractivity contribution is 7.89. The van der Waals surface area contributed by atoms with Gasteiger partial charge in [0.1, 0.15) is 0 Å². The first-order valence-corrected chi connectivity index (χ1v) is 15.7. The fourth-order valence-electron chi connectivity index (χ4n) is 4.28. The number of carbonyl (C=O) groups is 1. The number of rotatable bonds is 15. The highest BCUT2D eigenvalue weighted by Crippen LogP contribution is 2.37. The van der Waals surface area contributed by atoms with Crippen LogP contribution in [0.5, 0.6) is 11.5 Å². The van der Waals surface area contributed by atoms with Gasteiger partial charge < -0.3 is 14.4 Å². The molecule has 0 fully saturated rings. The van der Waals surface area contributed by atoms with Crippen molar-refractivity contribution < 1.29 is 22.7 Å². The van der Waals surface area contributed by atoms with Crippen LogP contribution in [0.4, 0.5) is 5.13 Å². The standard InChI is InChI=1S/C28H40N4O5S2.ClH/c1-7-11-16-31(10-4)39(34,35)22-14-12-21(13-15-22)27(33)32(18-17-30(8-2)9-3)28-29-23-19-24(36-5)25(37-6)20-26(23)38-28;/h12-15,19-20H,7-11,16-18H2,1-6H3;1H. The van der Waals surface area contributed by atoms with Gasteiger partial charge >= 0.3 is 0 Å². The molecule has 2 aromatic carbocycles. The lowest BCUT2D eigenvalue weighted by atomic mass is 10.2. The van der Waals surface area contributed by atoms with Crippen LogP contribution in [-0.2, 0) is 10.0 Å². The molecule has 0 N–H and O–H groups in total. The van der Waals surface area contributed by atoms with Gasteiger partial charge in [-0.1, -0.05) is 45.5 Å². The van der Waals surface area contributed by atoms with Crippen LogP contribution in [0, 0.1) is 0 Å². The van der Waals surface area contributed by atoms with E-state index in [9.17, 15) is 13.2 Å². The van der Waals surface area contributed by atoms with Crippen LogP contribution in [0.2, 0.25) is 0 Å². The predicted octanol–water partition coefficient (Wildman–Crippen LogP) is 5.53. The van der Waals surface area contributed by atoms with E-state index in [0.29, 0.717) is 53.9 Å². The fourth-order valence-corrected chi connectivity index (χ4v) is 6.77. The summed E-state index contributed by atoms with van der Waals surface area (Å²) in [4.78, 5) is 22.7. The van der Waals surface area contributed by atoms with Gasteiger partial charge in [0.2, 0.25) is 10.0 Å². The van der Waals surface area contributed by atoms with E-state index in [-0.39, 0.29) is 23.2 Å². The topological polar surface area (TPSA) is 92.3 Å². The van der Waals surface area contributed by atoms with Crippen LogP contribution in [0.3, 0.4) is 0 Å². The number of carbonyl (C=O) groups excluding carboxylic acids is 1. The van der Waals surface area contributed by atoms with Crippen LogP contribution < -0.4 is 14.4 Å². The van der Waals surface area contributed by atoms with Gasteiger partial charge in [0, 0.05) is 43.9 Å². The van der Waals surface area contributed by atoms with Crippen molar-refractivity contribution in [1.82, 2.24) is 14.2 Å². The molecule has 40 heavy (non-hydrogen) atoms. The Bertz CT molecular complexity index is 1300. The number of aromatic nitrogens is 1. The van der Waals surface area contributed by atoms with E-state index in [1.165, 1.54) is 27.8 Å². The van der Waals surface area contributed by atoms with Crippen molar-refractivity contribution in [3.63, 3.8) is 0 Å². The molecule has 0 saturated carbocycles. The first-order valence-electron chi connectivity index (χ1n) is 13.4. The number of hydrogen-bond donors (Lipinski definition) is 0. The number of benzene rings is 2. The summed E-state index contributed by atoms with van der Waals surface area (Å²) in [5.74, 6) is 0.931. The van der Waals surface area contributed by atoms with Crippen molar-refractivity contribution >= 4 is 55.0 Å². The molecule has 222 valence electrons. The number of sulfonamides is 1. The van der Waals surface area contributed by atoms with Crippen molar-refractivity contribution in [2.24, 2.45) is 0 Å². The minimum atomic E-state index is -3.63. The van der Waals surface area contributed by atoms with Gasteiger partial charge in [-0.3, -0.25) is 9.69 Å². The van der Waals surface area contributed by atoms with E-state index < -0.39 is 10.0 Å². The number of unbranched alkanes of at least 4 members (excludes halogenated alkanes) is 1. The number of thiazole rings is 1. The van der Waals surface area contributed by atoms with E-state index in [1.54, 1.807) is 37.3 Å². The molecule has 0 saturated heterocycles. The van der Waals surface area contributed by atoms with Crippen molar-refractivity contribution in [2.75, 3.05) is 58.4 Å². The molecule has 0 aliphatic rings. The predicted molar refractivity (Wildman–Crippen MR) is 165 cm³/mol. The molecule has 3 rings (SSSR count). The number of amides is 1. The normalized spacial score (nSPS) is 11.6. The molecule has 0 aliphatic carbocycles. The average Bonchev–Trinajstić information content (AvgIpc) is 3.37. The number of fused-ring (bicyclic) bond motifs is 1. The first-order chi connectivity index (χ1) is 18.7. The maximum atomic E-state index is 13.8. The molecule has 9 nitrogen and oxygen atoms in total. The summed E-state index contributed by atoms with van der Waals surface area (Å²) in [7, 11) is -0.473. The number of likely N-dealkylation sites (N-methyl/N-ethyl adjacent to an activating group) is 1. The van der Waals surface area contributed by atoms with Crippen molar-refractivity contribution in [2.45, 2.75) is 45.4 Å². The largest absolute Gasteiger partial charge is 0.493 e. The Morgan fingerprint density at radius 2 is 1.52 bits per heavy atom. The third-order valence-corrected chi connectivity index (χ3v) is 9.78. The summed E-state index contributed by atoms with van der Waals surface area (Å²) >= 11 is 1.40. The van der Waals surface area contributed by atoms with Crippen molar-refractivity contribution in [1.29, 1.82) is 0 Å². The van der Waals surface area contributed by atoms with E-state index in [2.05, 4.69) is 18.7 Å². The van der Waals surface area contributed by atoms with E-state index >= 15 is 0 Å². The van der Waals surface area contributed by atoms with Gasteiger partial charge in [0.25, 0.3) is 5.91 Å². The van der Waals surface area contributed by atoms with Gasteiger partial charge in [-0.2, -0.15) is 4.31 Å². The lowest BCUT2D eigenvalue weighted by molar-refractivity contribution is 0.0983. The summed E-state index contributed by atoms with van der Waals surface area (Å²) in [6.45, 7) is 11.8. The van der Waals surface area contributed by atoms with Gasteiger partial charge in [0.15, 0.2) is 16.6 Å². The molecular formula is C28H41ClN4O5S2. The highest BCUT2D eigenvalue weighted by Gasteiger charge is 2.26. The van der Waals surface area contributed by atoms with E-state index in [4.69, 9.17) is 14.5 Å². The molecule has 0 atom stereocenters. The molecule has 0 bridgehead atoms. The van der Waals surface area contributed by atoms with Crippen molar-refractivity contribution in [3.05, 3.63) is 42.0 Å². The van der Waals surface area contributed by atoms with Crippen LogP contribution in [0.25, 0.3) is 10.2 Å². The molecule has 1 aromatic heterocycles. The smallest absolute Gasteiger partial charge is 0.260 e. The second-order valence-electron chi connectivity index (χ2n) is 9.03. The van der Waals surface area contributed by atoms with Crippen LogP contribution in [-0.4, -0.2) is 82.0 Å². The Morgan fingerprint density at radius 1 is 0.900 bits per heavy atom. The van der Waals surface area contributed by atoms with Gasteiger partial charge in [0.05, 0.1) is 29.3 Å². The Balaban J connectivity index is 0.00000560. The number of halogens is 1. The lowest BCUT2D eigenvalue weighted by Crippen LogP contribution is -2.39. The Kier molecular flexibility index (Phi) is 13.1. The molecule has 0 aliphatic heterocycles. The van der Waals surface area contributed by atoms with E-state index in [1.807, 2.05) is 19.9 Å². The van der Waals surface area contributed by atoms with Crippen LogP contribution >= 0.6 is 23.7 Å². The summed E-state index contributed by atoms with van der Waals surface area (Å²) in [6, 6.07) is 9.89. The minimum absolute atomic E-state index is 0. The molecule has 3 aromatic rings. The lowest BCUT2D eigenvalue weighted by Gasteiger charge is -2.25. The highest BCUT2D eigenvalue weighted by atomic mass is 35.5. The molecule has 1 heterocycles. The SMILES string of the molecule is CCCCN(CC)S(=O)(=O)c1ccc(C(=O)N(CCN(CC)CC)c2nc3cc(OC)c(OC)cc3s2)cc1.Cl. The number of hydrogen-bond acceptors (Lipinski definition) is 8. The Labute approximate surface area is 248 Å². The Morgan fingerprint density at radius 3 is 2.08 bits per heavy atom. The molecule has 1 amide bonds. The summed E-state index contributed by atoms with van der Waals surface area (Å²) < 4.78 is 39.5. The van der Waals surface area contributed by atoms with Gasteiger partial charge in [-0.15, -0.1) is 12.4 Å². The van der Waals surface area contributed by atoms with Crippen molar-refractivity contribution in [3.8, 4) is 11.5 Å². The molecule has 0 radical (unpaired) electrons. The van der Waals surface area contributed by atoms with E-state index in [0.717, 1.165) is 30.6 Å². The second-order valence-corrected chi connectivity index (χ2v) is 12.0. The summed E-state index contributed by atoms with van der Waals surface area (Å²) in [6.07, 6.45) is 1.71. The Hall–Kier alpha value is -2.44. The minimum Gasteiger partial charge on any atom is -0.493 e. The van der Waals surface area contributed by atoms with Gasteiger partial charge in [-0.05, 0) is 43.8 Å². The monoisotopic (exact) mass is 612 g/mol. The summed E-state index contributed by atoms with van der Waals surface area (Å²) in [5, 5.41) is 0.561. The average molecular weight is 613 g/mol. The third-order valence-electron chi connectivity index (χ3n) is 6.75. The fraction of sp³-hybridized carbons (Fsp3) is 0.500. The third kappa shape index (κ3) is 7.64. The number of ether oxygens (including phenoxy) is 2. The number of nitrogens with zero attached hydrogens (tertiary/aromatic N) is 4. The molecule has 0 unspecified atom stereocenters. The zero-order valence-electron chi connectivity index (χ0n) is 24.2. The number of anilines is 1. The first kappa shape index (κ1) is 33.8.